The Kier molecular flexibility index (Phi) is 8.36. The molecule has 4 aromatic rings. The van der Waals surface area contributed by atoms with Crippen LogP contribution in [0.25, 0.3) is 11.1 Å². The number of carbonyl (C=O) groups excluding carboxylic acids is 1. The molecule has 0 fully saturated rings. The molecule has 1 aliphatic carbocycles. The lowest BCUT2D eigenvalue weighted by molar-refractivity contribution is 0.0950. The van der Waals surface area contributed by atoms with E-state index < -0.39 is 11.6 Å². The van der Waals surface area contributed by atoms with Gasteiger partial charge in [0.2, 0.25) is 0 Å². The van der Waals surface area contributed by atoms with Crippen molar-refractivity contribution in [1.29, 1.82) is 0 Å². The highest BCUT2D eigenvalue weighted by Gasteiger charge is 2.19. The summed E-state index contributed by atoms with van der Waals surface area (Å²) in [7, 11) is 1.00. The molecule has 0 bridgehead atoms. The average Bonchev–Trinajstić information content (AvgIpc) is 2.95. The minimum Gasteiger partial charge on any atom is -0.409 e. The van der Waals surface area contributed by atoms with Gasteiger partial charge >= 0.3 is 0 Å². The van der Waals surface area contributed by atoms with Crippen LogP contribution in [0.5, 0.6) is 0 Å². The van der Waals surface area contributed by atoms with Crippen molar-refractivity contribution in [1.82, 2.24) is 5.32 Å². The van der Waals surface area contributed by atoms with Gasteiger partial charge < -0.3 is 21.4 Å². The molecule has 0 heterocycles. The molecule has 4 aromatic carbocycles. The Morgan fingerprint density at radius 2 is 1.54 bits per heavy atom. The zero-order valence-electron chi connectivity index (χ0n) is 21.6. The Morgan fingerprint density at radius 3 is 2.23 bits per heavy atom. The molecule has 0 unspecified atom stereocenters. The summed E-state index contributed by atoms with van der Waals surface area (Å²) in [6, 6.07) is 20.5. The second-order valence-corrected chi connectivity index (χ2v) is 9.25. The topological polar surface area (TPSA) is 108 Å². The largest absolute Gasteiger partial charge is 0.409 e. The minimum atomic E-state index is -0.605. The zero-order chi connectivity index (χ0) is 28.1. The third-order valence-electron chi connectivity index (χ3n) is 6.86. The SMILES string of the molecule is CO.Cc1cc(/C(N)=N/O)ccc1CNC(=O)c1ccc2c(c1)Cc1cc(-c3ccc(F)cc3F)ccc1C2. The van der Waals surface area contributed by atoms with Gasteiger partial charge in [-0.3, -0.25) is 4.79 Å². The van der Waals surface area contributed by atoms with Crippen LogP contribution >= 0.6 is 0 Å². The van der Waals surface area contributed by atoms with E-state index in [9.17, 15) is 13.6 Å². The van der Waals surface area contributed by atoms with Gasteiger partial charge in [-0.15, -0.1) is 0 Å². The van der Waals surface area contributed by atoms with Gasteiger partial charge in [-0.05, 0) is 89.0 Å². The molecule has 6 nitrogen and oxygen atoms in total. The number of benzene rings is 4. The normalized spacial score (nSPS) is 12.1. The van der Waals surface area contributed by atoms with Gasteiger partial charge in [0.15, 0.2) is 5.84 Å². The quantitative estimate of drug-likeness (QED) is 0.110. The number of nitrogens with two attached hydrogens (primary N) is 1. The van der Waals surface area contributed by atoms with Crippen LogP contribution in [0.2, 0.25) is 0 Å². The fraction of sp³-hybridized carbons (Fsp3) is 0.161. The molecule has 39 heavy (non-hydrogen) atoms. The van der Waals surface area contributed by atoms with Crippen LogP contribution in [0, 0.1) is 18.6 Å². The summed E-state index contributed by atoms with van der Waals surface area (Å²) in [5.41, 5.74) is 14.1. The van der Waals surface area contributed by atoms with Gasteiger partial charge in [-0.25, -0.2) is 8.78 Å². The van der Waals surface area contributed by atoms with E-state index in [0.29, 0.717) is 35.2 Å². The number of aliphatic hydroxyl groups excluding tert-OH is 1. The van der Waals surface area contributed by atoms with Gasteiger partial charge in [-0.1, -0.05) is 41.6 Å². The Labute approximate surface area is 225 Å². The van der Waals surface area contributed by atoms with E-state index in [1.54, 1.807) is 12.1 Å². The first-order chi connectivity index (χ1) is 18.8. The van der Waals surface area contributed by atoms with E-state index >= 15 is 0 Å². The lowest BCUT2D eigenvalue weighted by Crippen LogP contribution is -2.24. The van der Waals surface area contributed by atoms with Crippen LogP contribution < -0.4 is 11.1 Å². The summed E-state index contributed by atoms with van der Waals surface area (Å²) < 4.78 is 27.7. The molecule has 0 radical (unpaired) electrons. The van der Waals surface area contributed by atoms with Crippen molar-refractivity contribution in [2.24, 2.45) is 10.9 Å². The number of hydrogen-bond acceptors (Lipinski definition) is 4. The van der Waals surface area contributed by atoms with E-state index in [4.69, 9.17) is 16.0 Å². The fourth-order valence-electron chi connectivity index (χ4n) is 4.76. The standard InChI is InChI=1S/C30H25F2N3O2.CH4O/c1-17-10-21(29(33)35-37)5-7-23(17)16-34-30(36)22-6-3-19-11-18-2-4-20(12-24(18)14-25(19)13-22)27-9-8-26(31)15-28(27)32;1-2/h2-10,12-13,15,37H,11,14,16H2,1H3,(H2,33,35)(H,34,36);2H,1H3. The molecule has 1 amide bonds. The van der Waals surface area contributed by atoms with E-state index in [1.165, 1.54) is 12.1 Å². The number of aryl methyl sites for hydroxylation is 1. The van der Waals surface area contributed by atoms with E-state index in [1.807, 2.05) is 49.4 Å². The molecule has 0 atom stereocenters. The van der Waals surface area contributed by atoms with Gasteiger partial charge in [-0.2, -0.15) is 0 Å². The van der Waals surface area contributed by atoms with E-state index in [0.717, 1.165) is 53.0 Å². The molecular formula is C31H29F2N3O3. The molecule has 5 N–H and O–H groups in total. The maximum absolute atomic E-state index is 14.3. The molecule has 0 spiro atoms. The van der Waals surface area contributed by atoms with Gasteiger partial charge in [0.05, 0.1) is 0 Å². The summed E-state index contributed by atoms with van der Waals surface area (Å²) in [4.78, 5) is 12.9. The number of carbonyl (C=O) groups is 1. The van der Waals surface area contributed by atoms with Crippen molar-refractivity contribution in [3.63, 3.8) is 0 Å². The second kappa shape index (κ2) is 11.9. The van der Waals surface area contributed by atoms with E-state index in [-0.39, 0.29) is 11.7 Å². The van der Waals surface area contributed by atoms with Gasteiger partial charge in [0, 0.05) is 36.4 Å². The molecule has 1 aliphatic rings. The predicted molar refractivity (Wildman–Crippen MR) is 147 cm³/mol. The number of nitrogens with one attached hydrogen (secondary N) is 1. The maximum atomic E-state index is 14.3. The van der Waals surface area contributed by atoms with Crippen molar-refractivity contribution in [2.45, 2.75) is 26.3 Å². The van der Waals surface area contributed by atoms with Crippen molar-refractivity contribution < 1.29 is 23.9 Å². The van der Waals surface area contributed by atoms with Crippen LogP contribution in [0.1, 0.15) is 49.3 Å². The van der Waals surface area contributed by atoms with Crippen LogP contribution in [0.3, 0.4) is 0 Å². The highest BCUT2D eigenvalue weighted by molar-refractivity contribution is 5.97. The number of aliphatic hydroxyl groups is 1. The first-order valence-electron chi connectivity index (χ1n) is 12.3. The third-order valence-corrected chi connectivity index (χ3v) is 6.86. The van der Waals surface area contributed by atoms with Crippen LogP contribution in [0.15, 0.2) is 78.0 Å². The molecule has 5 rings (SSSR count). The third kappa shape index (κ3) is 5.97. The lowest BCUT2D eigenvalue weighted by Gasteiger charge is -2.21. The molecule has 0 saturated carbocycles. The Balaban J connectivity index is 0.00000172. The monoisotopic (exact) mass is 529 g/mol. The van der Waals surface area contributed by atoms with Crippen molar-refractivity contribution in [3.8, 4) is 11.1 Å². The highest BCUT2D eigenvalue weighted by atomic mass is 19.1. The highest BCUT2D eigenvalue weighted by Crippen LogP contribution is 2.32. The molecule has 8 heteroatoms. The number of halogens is 2. The smallest absolute Gasteiger partial charge is 0.251 e. The zero-order valence-corrected chi connectivity index (χ0v) is 21.6. The van der Waals surface area contributed by atoms with Crippen molar-refractivity contribution in [3.05, 3.63) is 129 Å². The van der Waals surface area contributed by atoms with Crippen molar-refractivity contribution in [2.75, 3.05) is 7.11 Å². The number of amides is 1. The minimum absolute atomic E-state index is 0.0317. The summed E-state index contributed by atoms with van der Waals surface area (Å²) in [5, 5.41) is 21.8. The Bertz CT molecular complexity index is 1570. The molecule has 0 saturated heterocycles. The Morgan fingerprint density at radius 1 is 0.872 bits per heavy atom. The summed E-state index contributed by atoms with van der Waals surface area (Å²) in [6.45, 7) is 2.24. The first kappa shape index (κ1) is 27.5. The average molecular weight is 530 g/mol. The maximum Gasteiger partial charge on any atom is 0.251 e. The lowest BCUT2D eigenvalue weighted by atomic mass is 9.83. The second-order valence-electron chi connectivity index (χ2n) is 9.25. The van der Waals surface area contributed by atoms with Gasteiger partial charge in [0.25, 0.3) is 5.91 Å². The summed E-state index contributed by atoms with van der Waals surface area (Å²) in [6.07, 6.45) is 1.35. The van der Waals surface area contributed by atoms with Crippen LogP contribution in [-0.2, 0) is 19.4 Å². The predicted octanol–water partition coefficient (Wildman–Crippen LogP) is 5.07. The number of oxime groups is 1. The summed E-state index contributed by atoms with van der Waals surface area (Å²) >= 11 is 0. The number of hydrogen-bond donors (Lipinski definition) is 4. The van der Waals surface area contributed by atoms with Crippen LogP contribution in [-0.4, -0.2) is 29.2 Å². The number of nitrogens with zero attached hydrogens (tertiary/aromatic N) is 1. The first-order valence-corrected chi connectivity index (χ1v) is 12.3. The number of amidine groups is 1. The number of fused-ring (bicyclic) bond motifs is 2. The fourth-order valence-corrected chi connectivity index (χ4v) is 4.76. The molecule has 0 aliphatic heterocycles. The molecule has 0 aromatic heterocycles. The van der Waals surface area contributed by atoms with Crippen molar-refractivity contribution >= 4 is 11.7 Å². The van der Waals surface area contributed by atoms with Gasteiger partial charge in [0.1, 0.15) is 11.6 Å². The Hall–Kier alpha value is -4.56. The summed E-state index contributed by atoms with van der Waals surface area (Å²) in [5.74, 6) is -1.35. The molecular weight excluding hydrogens is 500 g/mol. The number of rotatable bonds is 5. The molecule has 200 valence electrons. The van der Waals surface area contributed by atoms with Crippen LogP contribution in [0.4, 0.5) is 8.78 Å². The van der Waals surface area contributed by atoms with E-state index in [2.05, 4.69) is 10.5 Å².